The fourth-order valence-electron chi connectivity index (χ4n) is 4.30. The Labute approximate surface area is 108 Å². The standard InChI is InChI=1S/C14H24BrN/c15-11-9-13-7-8-14(10-11)16(13)12-5-3-1-2-4-6-12/h11-14H,1-10H2. The molecule has 2 atom stereocenters. The first-order valence-electron chi connectivity index (χ1n) is 7.26. The van der Waals surface area contributed by atoms with Crippen LogP contribution in [0.1, 0.15) is 64.2 Å². The van der Waals surface area contributed by atoms with E-state index in [9.17, 15) is 0 Å². The third-order valence-electron chi connectivity index (χ3n) is 4.98. The molecule has 2 heteroatoms. The van der Waals surface area contributed by atoms with Gasteiger partial charge in [-0.2, -0.15) is 0 Å². The first kappa shape index (κ1) is 11.5. The van der Waals surface area contributed by atoms with Crippen molar-refractivity contribution >= 4 is 15.9 Å². The molecular weight excluding hydrogens is 262 g/mol. The number of hydrogen-bond donors (Lipinski definition) is 0. The van der Waals surface area contributed by atoms with Crippen molar-refractivity contribution in [3.63, 3.8) is 0 Å². The van der Waals surface area contributed by atoms with Crippen LogP contribution in [0.2, 0.25) is 0 Å². The molecule has 2 heterocycles. The van der Waals surface area contributed by atoms with Gasteiger partial charge in [0.05, 0.1) is 0 Å². The topological polar surface area (TPSA) is 3.24 Å². The number of halogens is 1. The van der Waals surface area contributed by atoms with E-state index in [1.807, 2.05) is 0 Å². The van der Waals surface area contributed by atoms with E-state index < -0.39 is 0 Å². The maximum Gasteiger partial charge on any atom is 0.0175 e. The van der Waals surface area contributed by atoms with Gasteiger partial charge >= 0.3 is 0 Å². The van der Waals surface area contributed by atoms with Gasteiger partial charge < -0.3 is 0 Å². The molecule has 0 aromatic rings. The Bertz CT molecular complexity index is 221. The molecular formula is C14H24BrN. The number of piperidine rings is 1. The SMILES string of the molecule is BrC1CC2CCC(C1)N2C1CCCCCC1. The Morgan fingerprint density at radius 1 is 0.688 bits per heavy atom. The molecule has 2 aliphatic heterocycles. The van der Waals surface area contributed by atoms with Crippen LogP contribution in [0, 0.1) is 0 Å². The molecule has 1 nitrogen and oxygen atoms in total. The zero-order valence-electron chi connectivity index (χ0n) is 10.2. The Morgan fingerprint density at radius 3 is 1.81 bits per heavy atom. The summed E-state index contributed by atoms with van der Waals surface area (Å²) in [5.74, 6) is 0. The van der Waals surface area contributed by atoms with Crippen molar-refractivity contribution in [2.24, 2.45) is 0 Å². The van der Waals surface area contributed by atoms with Crippen LogP contribution in [-0.4, -0.2) is 27.9 Å². The summed E-state index contributed by atoms with van der Waals surface area (Å²) >= 11 is 3.85. The van der Waals surface area contributed by atoms with Crippen LogP contribution in [0.5, 0.6) is 0 Å². The normalized spacial score (nSPS) is 42.2. The van der Waals surface area contributed by atoms with Crippen molar-refractivity contribution in [1.29, 1.82) is 0 Å². The van der Waals surface area contributed by atoms with E-state index in [4.69, 9.17) is 0 Å². The van der Waals surface area contributed by atoms with E-state index >= 15 is 0 Å². The minimum absolute atomic E-state index is 0.812. The second-order valence-corrected chi connectivity index (χ2v) is 7.34. The molecule has 2 bridgehead atoms. The van der Waals surface area contributed by atoms with E-state index in [2.05, 4.69) is 20.8 Å². The summed E-state index contributed by atoms with van der Waals surface area (Å²) in [5, 5.41) is 0. The molecule has 0 aromatic carbocycles. The maximum absolute atomic E-state index is 3.85. The van der Waals surface area contributed by atoms with Gasteiger partial charge in [-0.3, -0.25) is 4.90 Å². The summed E-state index contributed by atoms with van der Waals surface area (Å²) in [6, 6.07) is 2.79. The fourth-order valence-corrected chi connectivity index (χ4v) is 5.16. The van der Waals surface area contributed by atoms with Crippen molar-refractivity contribution in [3.8, 4) is 0 Å². The molecule has 0 aromatic heterocycles. The lowest BCUT2D eigenvalue weighted by molar-refractivity contribution is 0.0813. The second-order valence-electron chi connectivity index (χ2n) is 6.05. The molecule has 0 radical (unpaired) electrons. The first-order chi connectivity index (χ1) is 7.84. The highest BCUT2D eigenvalue weighted by atomic mass is 79.9. The van der Waals surface area contributed by atoms with Crippen LogP contribution in [0.25, 0.3) is 0 Å². The minimum Gasteiger partial charge on any atom is -0.294 e. The molecule has 2 unspecified atom stereocenters. The van der Waals surface area contributed by atoms with Crippen LogP contribution in [0.4, 0.5) is 0 Å². The molecule has 3 aliphatic rings. The Hall–Kier alpha value is 0.440. The summed E-state index contributed by atoms with van der Waals surface area (Å²) in [4.78, 5) is 3.76. The Kier molecular flexibility index (Phi) is 3.58. The van der Waals surface area contributed by atoms with E-state index in [-0.39, 0.29) is 0 Å². The van der Waals surface area contributed by atoms with Gasteiger partial charge in [-0.1, -0.05) is 41.6 Å². The smallest absolute Gasteiger partial charge is 0.0175 e. The van der Waals surface area contributed by atoms with Crippen LogP contribution in [0.15, 0.2) is 0 Å². The molecule has 2 saturated heterocycles. The van der Waals surface area contributed by atoms with Gasteiger partial charge in [0.2, 0.25) is 0 Å². The van der Waals surface area contributed by atoms with E-state index in [0.717, 1.165) is 23.0 Å². The molecule has 0 spiro atoms. The third-order valence-corrected chi connectivity index (χ3v) is 5.73. The van der Waals surface area contributed by atoms with Crippen LogP contribution in [-0.2, 0) is 0 Å². The lowest BCUT2D eigenvalue weighted by Crippen LogP contribution is -2.48. The van der Waals surface area contributed by atoms with Crippen LogP contribution in [0.3, 0.4) is 0 Å². The minimum atomic E-state index is 0.812. The van der Waals surface area contributed by atoms with Crippen molar-refractivity contribution in [2.75, 3.05) is 0 Å². The molecule has 1 saturated carbocycles. The van der Waals surface area contributed by atoms with Gasteiger partial charge in [0, 0.05) is 23.0 Å². The molecule has 92 valence electrons. The summed E-state index contributed by atoms with van der Waals surface area (Å²) in [7, 11) is 0. The lowest BCUT2D eigenvalue weighted by Gasteiger charge is -2.42. The highest BCUT2D eigenvalue weighted by Gasteiger charge is 2.42. The Morgan fingerprint density at radius 2 is 1.25 bits per heavy atom. The zero-order valence-corrected chi connectivity index (χ0v) is 11.8. The van der Waals surface area contributed by atoms with Crippen molar-refractivity contribution in [1.82, 2.24) is 4.90 Å². The lowest BCUT2D eigenvalue weighted by atomic mass is 9.97. The molecule has 0 N–H and O–H groups in total. The van der Waals surface area contributed by atoms with Crippen LogP contribution >= 0.6 is 15.9 Å². The Balaban J connectivity index is 1.69. The first-order valence-corrected chi connectivity index (χ1v) is 8.17. The number of alkyl halides is 1. The number of fused-ring (bicyclic) bond motifs is 2. The molecule has 0 amide bonds. The highest BCUT2D eigenvalue weighted by molar-refractivity contribution is 9.09. The highest BCUT2D eigenvalue weighted by Crippen LogP contribution is 2.41. The quantitative estimate of drug-likeness (QED) is 0.518. The van der Waals surface area contributed by atoms with Crippen molar-refractivity contribution < 1.29 is 0 Å². The molecule has 1 aliphatic carbocycles. The van der Waals surface area contributed by atoms with E-state index in [1.54, 1.807) is 0 Å². The summed E-state index contributed by atoms with van der Waals surface area (Å²) in [6.45, 7) is 0. The second kappa shape index (κ2) is 4.97. The predicted molar refractivity (Wildman–Crippen MR) is 72.1 cm³/mol. The van der Waals surface area contributed by atoms with Gasteiger partial charge in [-0.25, -0.2) is 0 Å². The van der Waals surface area contributed by atoms with Crippen LogP contribution < -0.4 is 0 Å². The molecule has 3 rings (SSSR count). The maximum atomic E-state index is 3.85. The predicted octanol–water partition coefficient (Wildman–Crippen LogP) is 4.10. The van der Waals surface area contributed by atoms with Gasteiger partial charge in [0.25, 0.3) is 0 Å². The molecule has 16 heavy (non-hydrogen) atoms. The largest absolute Gasteiger partial charge is 0.294 e. The van der Waals surface area contributed by atoms with Gasteiger partial charge in [0.15, 0.2) is 0 Å². The summed E-state index contributed by atoms with van der Waals surface area (Å²) < 4.78 is 0. The van der Waals surface area contributed by atoms with Gasteiger partial charge in [-0.15, -0.1) is 0 Å². The third kappa shape index (κ3) is 2.20. The average Bonchev–Trinajstić information content (AvgIpc) is 2.49. The van der Waals surface area contributed by atoms with Gasteiger partial charge in [-0.05, 0) is 38.5 Å². The fraction of sp³-hybridized carbons (Fsp3) is 1.00. The zero-order chi connectivity index (χ0) is 11.0. The average molecular weight is 286 g/mol. The number of nitrogens with zero attached hydrogens (tertiary/aromatic N) is 1. The number of hydrogen-bond acceptors (Lipinski definition) is 1. The van der Waals surface area contributed by atoms with Crippen molar-refractivity contribution in [3.05, 3.63) is 0 Å². The number of rotatable bonds is 1. The van der Waals surface area contributed by atoms with E-state index in [1.165, 1.54) is 64.2 Å². The summed E-state index contributed by atoms with van der Waals surface area (Å²) in [6.07, 6.45) is 14.7. The van der Waals surface area contributed by atoms with Crippen molar-refractivity contribution in [2.45, 2.75) is 87.2 Å². The monoisotopic (exact) mass is 285 g/mol. The molecule has 3 fully saturated rings. The van der Waals surface area contributed by atoms with E-state index in [0.29, 0.717) is 0 Å². The van der Waals surface area contributed by atoms with Gasteiger partial charge in [0.1, 0.15) is 0 Å². The summed E-state index contributed by atoms with van der Waals surface area (Å²) in [5.41, 5.74) is 0.